The van der Waals surface area contributed by atoms with Gasteiger partial charge in [0.05, 0.1) is 0 Å². The Morgan fingerprint density at radius 2 is 1.86 bits per heavy atom. The van der Waals surface area contributed by atoms with Gasteiger partial charge < -0.3 is 14.7 Å². The molecule has 0 atom stereocenters. The summed E-state index contributed by atoms with van der Waals surface area (Å²) < 4.78 is 5.70. The van der Waals surface area contributed by atoms with Crippen LogP contribution < -0.4 is 4.74 Å². The van der Waals surface area contributed by atoms with Crippen molar-refractivity contribution in [3.8, 4) is 5.75 Å². The fourth-order valence-corrected chi connectivity index (χ4v) is 2.00. The molecule has 1 N–H and O–H groups in total. The molecule has 0 fully saturated rings. The minimum absolute atomic E-state index is 0.0378. The summed E-state index contributed by atoms with van der Waals surface area (Å²) >= 11 is 5.80. The van der Waals surface area contributed by atoms with Gasteiger partial charge in [-0.05, 0) is 44.5 Å². The topological polar surface area (TPSA) is 66.8 Å². The first kappa shape index (κ1) is 17.3. The third-order valence-corrected chi connectivity index (χ3v) is 3.18. The Balaban J connectivity index is 2.61. The van der Waals surface area contributed by atoms with Gasteiger partial charge in [-0.3, -0.25) is 9.59 Å². The van der Waals surface area contributed by atoms with E-state index in [2.05, 4.69) is 0 Å². The van der Waals surface area contributed by atoms with Crippen molar-refractivity contribution >= 4 is 23.5 Å². The molecule has 21 heavy (non-hydrogen) atoms. The predicted octanol–water partition coefficient (Wildman–Crippen LogP) is 2.82. The van der Waals surface area contributed by atoms with Crippen LogP contribution in [0.2, 0.25) is 5.02 Å². The first-order valence-corrected chi connectivity index (χ1v) is 7.02. The average Bonchev–Trinajstić information content (AvgIpc) is 2.39. The maximum absolute atomic E-state index is 12.3. The Morgan fingerprint density at radius 1 is 1.29 bits per heavy atom. The number of hydrogen-bond donors (Lipinski definition) is 1. The molecular weight excluding hydrogens is 294 g/mol. The van der Waals surface area contributed by atoms with E-state index in [1.54, 1.807) is 45.2 Å². The third kappa shape index (κ3) is 5.63. The monoisotopic (exact) mass is 313 g/mol. The minimum Gasteiger partial charge on any atom is -0.481 e. The maximum Gasteiger partial charge on any atom is 0.303 e. The number of benzene rings is 1. The second-order valence-corrected chi connectivity index (χ2v) is 5.73. The molecule has 0 aliphatic heterocycles. The predicted molar refractivity (Wildman–Crippen MR) is 80.7 cm³/mol. The van der Waals surface area contributed by atoms with Crippen LogP contribution in [-0.2, 0) is 9.59 Å². The van der Waals surface area contributed by atoms with E-state index in [1.807, 2.05) is 0 Å². The van der Waals surface area contributed by atoms with Gasteiger partial charge in [0.1, 0.15) is 5.75 Å². The zero-order valence-corrected chi connectivity index (χ0v) is 13.2. The van der Waals surface area contributed by atoms with Crippen LogP contribution in [0, 0.1) is 0 Å². The first-order valence-electron chi connectivity index (χ1n) is 6.64. The molecular formula is C15H20ClNO4. The van der Waals surface area contributed by atoms with E-state index < -0.39 is 11.6 Å². The normalized spacial score (nSPS) is 11.0. The SMILES string of the molecule is CN(CCCC(=O)O)C(=O)C(C)(C)Oc1ccc(Cl)cc1. The van der Waals surface area contributed by atoms with Crippen molar-refractivity contribution < 1.29 is 19.4 Å². The molecule has 0 radical (unpaired) electrons. The maximum atomic E-state index is 12.3. The lowest BCUT2D eigenvalue weighted by Gasteiger charge is -2.30. The number of amides is 1. The van der Waals surface area contributed by atoms with Crippen LogP contribution in [0.25, 0.3) is 0 Å². The molecule has 0 bridgehead atoms. The highest BCUT2D eigenvalue weighted by molar-refractivity contribution is 6.30. The van der Waals surface area contributed by atoms with Crippen LogP contribution in [0.4, 0.5) is 0 Å². The molecule has 0 aliphatic carbocycles. The molecule has 0 saturated carbocycles. The molecule has 0 spiro atoms. The standard InChI is InChI=1S/C15H20ClNO4/c1-15(2,21-12-8-6-11(16)7-9-12)14(20)17(3)10-4-5-13(18)19/h6-9H,4-5,10H2,1-3H3,(H,18,19). The highest BCUT2D eigenvalue weighted by Crippen LogP contribution is 2.22. The summed E-state index contributed by atoms with van der Waals surface area (Å²) in [6.45, 7) is 3.73. The molecule has 1 amide bonds. The van der Waals surface area contributed by atoms with Gasteiger partial charge in [-0.25, -0.2) is 0 Å². The molecule has 0 heterocycles. The summed E-state index contributed by atoms with van der Waals surface area (Å²) in [5.74, 6) is -0.521. The third-order valence-electron chi connectivity index (χ3n) is 2.93. The Bertz CT molecular complexity index is 499. The molecule has 0 unspecified atom stereocenters. The lowest BCUT2D eigenvalue weighted by Crippen LogP contribution is -2.47. The van der Waals surface area contributed by atoms with Crippen molar-refractivity contribution in [3.05, 3.63) is 29.3 Å². The fourth-order valence-electron chi connectivity index (χ4n) is 1.87. The van der Waals surface area contributed by atoms with E-state index in [1.165, 1.54) is 4.90 Å². The van der Waals surface area contributed by atoms with E-state index >= 15 is 0 Å². The summed E-state index contributed by atoms with van der Waals surface area (Å²) in [6, 6.07) is 6.77. The van der Waals surface area contributed by atoms with Gasteiger partial charge in [0, 0.05) is 25.0 Å². The highest BCUT2D eigenvalue weighted by Gasteiger charge is 2.32. The summed E-state index contributed by atoms with van der Waals surface area (Å²) in [4.78, 5) is 24.3. The molecule has 5 nitrogen and oxygen atoms in total. The van der Waals surface area contributed by atoms with Gasteiger partial charge in [-0.15, -0.1) is 0 Å². The van der Waals surface area contributed by atoms with E-state index in [4.69, 9.17) is 21.4 Å². The molecule has 116 valence electrons. The Labute approximate surface area is 129 Å². The summed E-state index contributed by atoms with van der Waals surface area (Å²) in [5, 5.41) is 9.20. The van der Waals surface area contributed by atoms with Crippen LogP contribution in [0.1, 0.15) is 26.7 Å². The number of hydrogen-bond acceptors (Lipinski definition) is 3. The lowest BCUT2D eigenvalue weighted by molar-refractivity contribution is -0.145. The lowest BCUT2D eigenvalue weighted by atomic mass is 10.1. The minimum atomic E-state index is -1.04. The average molecular weight is 314 g/mol. The number of halogens is 1. The molecule has 0 aliphatic rings. The number of carboxylic acid groups (broad SMARTS) is 1. The number of rotatable bonds is 7. The van der Waals surface area contributed by atoms with Crippen LogP contribution in [0.15, 0.2) is 24.3 Å². The van der Waals surface area contributed by atoms with E-state index in [0.29, 0.717) is 23.7 Å². The van der Waals surface area contributed by atoms with Gasteiger partial charge in [0.2, 0.25) is 0 Å². The first-order chi connectivity index (χ1) is 9.72. The number of carbonyl (C=O) groups is 2. The molecule has 0 aromatic heterocycles. The van der Waals surface area contributed by atoms with Gasteiger partial charge >= 0.3 is 5.97 Å². The second kappa shape index (κ2) is 7.31. The van der Waals surface area contributed by atoms with Crippen LogP contribution in [-0.4, -0.2) is 41.1 Å². The highest BCUT2D eigenvalue weighted by atomic mass is 35.5. The van der Waals surface area contributed by atoms with E-state index in [-0.39, 0.29) is 12.3 Å². The van der Waals surface area contributed by atoms with Crippen LogP contribution >= 0.6 is 11.6 Å². The molecule has 0 saturated heterocycles. The van der Waals surface area contributed by atoms with E-state index in [9.17, 15) is 9.59 Å². The zero-order valence-electron chi connectivity index (χ0n) is 12.4. The fraction of sp³-hybridized carbons (Fsp3) is 0.467. The van der Waals surface area contributed by atoms with Gasteiger partial charge in [-0.2, -0.15) is 0 Å². The number of nitrogens with zero attached hydrogens (tertiary/aromatic N) is 1. The van der Waals surface area contributed by atoms with Crippen molar-refractivity contribution in [2.24, 2.45) is 0 Å². The van der Waals surface area contributed by atoms with Crippen molar-refractivity contribution in [3.63, 3.8) is 0 Å². The number of carbonyl (C=O) groups excluding carboxylic acids is 1. The van der Waals surface area contributed by atoms with Crippen molar-refractivity contribution in [1.29, 1.82) is 0 Å². The molecule has 1 aromatic carbocycles. The Hall–Kier alpha value is -1.75. The van der Waals surface area contributed by atoms with Gasteiger partial charge in [-0.1, -0.05) is 11.6 Å². The smallest absolute Gasteiger partial charge is 0.303 e. The van der Waals surface area contributed by atoms with Gasteiger partial charge in [0.25, 0.3) is 5.91 Å². The van der Waals surface area contributed by atoms with Gasteiger partial charge in [0.15, 0.2) is 5.60 Å². The number of likely N-dealkylation sites (N-methyl/N-ethyl adjacent to an activating group) is 1. The van der Waals surface area contributed by atoms with Crippen LogP contribution in [0.5, 0.6) is 5.75 Å². The zero-order chi connectivity index (χ0) is 16.0. The second-order valence-electron chi connectivity index (χ2n) is 5.29. The number of ether oxygens (including phenoxy) is 1. The van der Waals surface area contributed by atoms with Crippen LogP contribution in [0.3, 0.4) is 0 Å². The summed E-state index contributed by atoms with van der Waals surface area (Å²) in [7, 11) is 1.64. The molecule has 6 heteroatoms. The van der Waals surface area contributed by atoms with E-state index in [0.717, 1.165) is 0 Å². The number of carboxylic acids is 1. The Kier molecular flexibility index (Phi) is 6.03. The van der Waals surface area contributed by atoms with Crippen molar-refractivity contribution in [1.82, 2.24) is 4.90 Å². The van der Waals surface area contributed by atoms with Crippen molar-refractivity contribution in [2.75, 3.05) is 13.6 Å². The largest absolute Gasteiger partial charge is 0.481 e. The van der Waals surface area contributed by atoms with Crippen molar-refractivity contribution in [2.45, 2.75) is 32.3 Å². The quantitative estimate of drug-likeness (QED) is 0.840. The summed E-state index contributed by atoms with van der Waals surface area (Å²) in [5.41, 5.74) is -1.04. The molecule has 1 rings (SSSR count). The Morgan fingerprint density at radius 3 is 2.38 bits per heavy atom. The summed E-state index contributed by atoms with van der Waals surface area (Å²) in [6.07, 6.45) is 0.449. The number of aliphatic carboxylic acids is 1. The molecule has 1 aromatic rings.